The van der Waals surface area contributed by atoms with E-state index in [0.717, 1.165) is 37.4 Å². The van der Waals surface area contributed by atoms with Crippen molar-refractivity contribution in [2.45, 2.75) is 39.4 Å². The van der Waals surface area contributed by atoms with Gasteiger partial charge in [0.15, 0.2) is 0 Å². The van der Waals surface area contributed by atoms with Gasteiger partial charge >= 0.3 is 0 Å². The molecule has 1 aliphatic heterocycles. The molecule has 1 aliphatic rings. The van der Waals surface area contributed by atoms with Crippen molar-refractivity contribution in [2.75, 3.05) is 6.54 Å². The number of aromatic nitrogens is 5. The molecule has 0 amide bonds. The van der Waals surface area contributed by atoms with Gasteiger partial charge in [-0.1, -0.05) is 23.4 Å². The predicted octanol–water partition coefficient (Wildman–Crippen LogP) is 2.60. The zero-order valence-electron chi connectivity index (χ0n) is 14.1. The third-order valence-electron chi connectivity index (χ3n) is 4.57. The number of hydrogen-bond donors (Lipinski definition) is 0. The molecule has 3 aromatic rings. The lowest BCUT2D eigenvalue weighted by Crippen LogP contribution is -2.31. The second-order valence-corrected chi connectivity index (χ2v) is 6.58. The molecule has 1 aromatic carbocycles. The van der Waals surface area contributed by atoms with Crippen LogP contribution in [0, 0.1) is 0 Å². The van der Waals surface area contributed by atoms with Gasteiger partial charge in [-0.3, -0.25) is 4.90 Å². The Labute approximate surface area is 141 Å². The van der Waals surface area contributed by atoms with Crippen LogP contribution in [0.3, 0.4) is 0 Å². The van der Waals surface area contributed by atoms with Crippen LogP contribution in [0.2, 0.25) is 0 Å². The predicted molar refractivity (Wildman–Crippen MR) is 91.8 cm³/mol. The van der Waals surface area contributed by atoms with E-state index in [9.17, 15) is 0 Å². The van der Waals surface area contributed by atoms with Gasteiger partial charge in [0, 0.05) is 38.3 Å². The van der Waals surface area contributed by atoms with E-state index in [4.69, 9.17) is 0 Å². The summed E-state index contributed by atoms with van der Waals surface area (Å²) in [6.45, 7) is 7.12. The molecule has 0 atom stereocenters. The molecule has 2 aromatic heterocycles. The highest BCUT2D eigenvalue weighted by Gasteiger charge is 2.23. The second-order valence-electron chi connectivity index (χ2n) is 6.58. The highest BCUT2D eigenvalue weighted by Crippen LogP contribution is 2.21. The Hall–Kier alpha value is -2.47. The second kappa shape index (κ2) is 6.20. The van der Waals surface area contributed by atoms with Crippen molar-refractivity contribution in [2.24, 2.45) is 0 Å². The van der Waals surface area contributed by atoms with Crippen molar-refractivity contribution in [1.82, 2.24) is 29.4 Å². The van der Waals surface area contributed by atoms with Crippen LogP contribution in [-0.4, -0.2) is 36.0 Å². The highest BCUT2D eigenvalue weighted by molar-refractivity contribution is 5.33. The molecule has 124 valence electrons. The van der Waals surface area contributed by atoms with Gasteiger partial charge in [-0.25, -0.2) is 9.67 Å². The monoisotopic (exact) mass is 322 g/mol. The van der Waals surface area contributed by atoms with Gasteiger partial charge < -0.3 is 4.57 Å². The zero-order chi connectivity index (χ0) is 16.5. The summed E-state index contributed by atoms with van der Waals surface area (Å²) >= 11 is 0. The molecule has 0 N–H and O–H groups in total. The van der Waals surface area contributed by atoms with Crippen LogP contribution in [0.1, 0.15) is 37.0 Å². The fraction of sp³-hybridized carbons (Fsp3) is 0.389. The van der Waals surface area contributed by atoms with Crippen LogP contribution in [-0.2, 0) is 19.5 Å². The molecule has 0 radical (unpaired) electrons. The number of benzene rings is 1. The molecule has 3 heterocycles. The molecule has 4 rings (SSSR count). The molecule has 24 heavy (non-hydrogen) atoms. The Balaban J connectivity index is 1.53. The molecular formula is C18H22N6. The van der Waals surface area contributed by atoms with Crippen molar-refractivity contribution in [3.63, 3.8) is 0 Å². The summed E-state index contributed by atoms with van der Waals surface area (Å²) in [6.07, 6.45) is 4.85. The van der Waals surface area contributed by atoms with E-state index in [2.05, 4.69) is 50.7 Å². The van der Waals surface area contributed by atoms with Crippen molar-refractivity contribution in [1.29, 1.82) is 0 Å². The first-order valence-electron chi connectivity index (χ1n) is 8.44. The average molecular weight is 322 g/mol. The van der Waals surface area contributed by atoms with Crippen molar-refractivity contribution in [3.05, 3.63) is 59.9 Å². The Morgan fingerprint density at radius 2 is 2.00 bits per heavy atom. The maximum absolute atomic E-state index is 4.42. The summed E-state index contributed by atoms with van der Waals surface area (Å²) < 4.78 is 4.21. The van der Waals surface area contributed by atoms with E-state index in [1.165, 1.54) is 11.4 Å². The summed E-state index contributed by atoms with van der Waals surface area (Å²) in [6, 6.07) is 10.7. The first kappa shape index (κ1) is 15.1. The fourth-order valence-electron chi connectivity index (χ4n) is 3.32. The number of fused-ring (bicyclic) bond motifs is 1. The lowest BCUT2D eigenvalue weighted by molar-refractivity contribution is 0.233. The summed E-state index contributed by atoms with van der Waals surface area (Å²) in [4.78, 5) is 6.72. The Kier molecular flexibility index (Phi) is 3.90. The standard InChI is InChI=1S/C18H22N6/c1-14(2)23-13-19-10-16(23)11-22-9-8-18-17(12-22)20-21-24(18)15-6-4-3-5-7-15/h3-7,10,13-14H,8-9,11-12H2,1-2H3. The molecule has 0 saturated carbocycles. The molecular weight excluding hydrogens is 300 g/mol. The van der Waals surface area contributed by atoms with E-state index in [1.807, 2.05) is 35.4 Å². The van der Waals surface area contributed by atoms with Gasteiger partial charge in [-0.2, -0.15) is 0 Å². The van der Waals surface area contributed by atoms with Gasteiger partial charge in [-0.15, -0.1) is 5.10 Å². The topological polar surface area (TPSA) is 51.8 Å². The first-order valence-corrected chi connectivity index (χ1v) is 8.44. The van der Waals surface area contributed by atoms with Crippen LogP contribution >= 0.6 is 0 Å². The van der Waals surface area contributed by atoms with Gasteiger partial charge in [0.2, 0.25) is 0 Å². The first-order chi connectivity index (χ1) is 11.7. The van der Waals surface area contributed by atoms with Gasteiger partial charge in [0.25, 0.3) is 0 Å². The number of rotatable bonds is 4. The van der Waals surface area contributed by atoms with Crippen molar-refractivity contribution in [3.8, 4) is 5.69 Å². The number of hydrogen-bond acceptors (Lipinski definition) is 4. The number of para-hydroxylation sites is 1. The summed E-state index contributed by atoms with van der Waals surface area (Å²) in [5.74, 6) is 0. The Morgan fingerprint density at radius 1 is 1.17 bits per heavy atom. The Morgan fingerprint density at radius 3 is 2.79 bits per heavy atom. The van der Waals surface area contributed by atoms with E-state index in [0.29, 0.717) is 6.04 Å². The maximum Gasteiger partial charge on any atom is 0.100 e. The van der Waals surface area contributed by atoms with Crippen LogP contribution in [0.15, 0.2) is 42.9 Å². The van der Waals surface area contributed by atoms with Gasteiger partial charge in [0.05, 0.1) is 23.4 Å². The van der Waals surface area contributed by atoms with E-state index >= 15 is 0 Å². The fourth-order valence-corrected chi connectivity index (χ4v) is 3.32. The van der Waals surface area contributed by atoms with Crippen molar-refractivity contribution >= 4 is 0 Å². The quantitative estimate of drug-likeness (QED) is 0.741. The molecule has 0 aliphatic carbocycles. The minimum absolute atomic E-state index is 0.432. The SMILES string of the molecule is CC(C)n1cncc1CN1CCc2c(nnn2-c2ccccc2)C1. The minimum atomic E-state index is 0.432. The third-order valence-corrected chi connectivity index (χ3v) is 4.57. The summed E-state index contributed by atoms with van der Waals surface area (Å²) in [7, 11) is 0. The summed E-state index contributed by atoms with van der Waals surface area (Å²) in [5.41, 5.74) is 4.65. The van der Waals surface area contributed by atoms with E-state index in [-0.39, 0.29) is 0 Å². The lowest BCUT2D eigenvalue weighted by atomic mass is 10.1. The molecule has 0 bridgehead atoms. The largest absolute Gasteiger partial charge is 0.331 e. The number of imidazole rings is 1. The minimum Gasteiger partial charge on any atom is -0.331 e. The molecule has 0 saturated heterocycles. The van der Waals surface area contributed by atoms with Crippen LogP contribution in [0.4, 0.5) is 0 Å². The van der Waals surface area contributed by atoms with Crippen LogP contribution in [0.25, 0.3) is 5.69 Å². The van der Waals surface area contributed by atoms with E-state index in [1.54, 1.807) is 0 Å². The average Bonchev–Trinajstić information content (AvgIpc) is 3.22. The molecule has 6 heteroatoms. The molecule has 0 unspecified atom stereocenters. The molecule has 0 spiro atoms. The van der Waals surface area contributed by atoms with Crippen molar-refractivity contribution < 1.29 is 0 Å². The maximum atomic E-state index is 4.42. The van der Waals surface area contributed by atoms with Gasteiger partial charge in [-0.05, 0) is 26.0 Å². The van der Waals surface area contributed by atoms with E-state index < -0.39 is 0 Å². The van der Waals surface area contributed by atoms with Crippen LogP contribution in [0.5, 0.6) is 0 Å². The third kappa shape index (κ3) is 2.73. The summed E-state index contributed by atoms with van der Waals surface area (Å²) in [5, 5.41) is 8.79. The van der Waals surface area contributed by atoms with Gasteiger partial charge in [0.1, 0.15) is 5.69 Å². The number of nitrogens with zero attached hydrogens (tertiary/aromatic N) is 6. The Bertz CT molecular complexity index is 817. The lowest BCUT2D eigenvalue weighted by Gasteiger charge is -2.27. The smallest absolute Gasteiger partial charge is 0.100 e. The van der Waals surface area contributed by atoms with Crippen LogP contribution < -0.4 is 0 Å². The highest BCUT2D eigenvalue weighted by atomic mass is 15.4. The normalized spacial score (nSPS) is 15.0. The zero-order valence-corrected chi connectivity index (χ0v) is 14.1. The molecule has 0 fully saturated rings. The molecule has 6 nitrogen and oxygen atoms in total.